The Kier molecular flexibility index (Phi) is 6.60. The van der Waals surface area contributed by atoms with Gasteiger partial charge < -0.3 is 19.2 Å². The number of ketones is 1. The molecule has 1 N–H and O–H groups in total. The Hall–Kier alpha value is -4.65. The summed E-state index contributed by atoms with van der Waals surface area (Å²) in [7, 11) is 0. The smallest absolute Gasteiger partial charge is 0.296 e. The highest BCUT2D eigenvalue weighted by molar-refractivity contribution is 6.46. The maximum atomic E-state index is 13.9. The van der Waals surface area contributed by atoms with Crippen LogP contribution in [0.2, 0.25) is 0 Å². The third kappa shape index (κ3) is 4.89. The van der Waals surface area contributed by atoms with Gasteiger partial charge in [-0.05, 0) is 66.1 Å². The number of carbonyl (C=O) groups excluding carboxylic acids is 2. The van der Waals surface area contributed by atoms with Crippen molar-refractivity contribution in [2.75, 3.05) is 0 Å². The molecule has 1 fully saturated rings. The number of likely N-dealkylation sites (tertiary alicyclic amines) is 1. The number of halogens is 1. The van der Waals surface area contributed by atoms with Crippen molar-refractivity contribution in [3.63, 3.8) is 0 Å². The average Bonchev–Trinajstić information content (AvgIpc) is 3.52. The van der Waals surface area contributed by atoms with Crippen LogP contribution in [0.4, 0.5) is 4.39 Å². The number of rotatable bonds is 7. The van der Waals surface area contributed by atoms with Crippen LogP contribution in [0, 0.1) is 12.7 Å². The molecule has 5 rings (SSSR count). The van der Waals surface area contributed by atoms with Gasteiger partial charge in [-0.3, -0.25) is 9.59 Å². The number of hydrogen-bond acceptors (Lipinski definition) is 5. The summed E-state index contributed by atoms with van der Waals surface area (Å²) in [6.07, 6.45) is 1.49. The summed E-state index contributed by atoms with van der Waals surface area (Å²) >= 11 is 0. The van der Waals surface area contributed by atoms with Gasteiger partial charge in [-0.15, -0.1) is 0 Å². The van der Waals surface area contributed by atoms with E-state index >= 15 is 0 Å². The summed E-state index contributed by atoms with van der Waals surface area (Å²) in [5.74, 6) is -1.26. The van der Waals surface area contributed by atoms with Gasteiger partial charge in [-0.25, -0.2) is 4.39 Å². The van der Waals surface area contributed by atoms with E-state index < -0.39 is 23.5 Å². The Bertz CT molecular complexity index is 1460. The first-order valence-corrected chi connectivity index (χ1v) is 11.8. The molecule has 1 aliphatic heterocycles. The minimum absolute atomic E-state index is 0.0354. The Morgan fingerprint density at radius 1 is 1.00 bits per heavy atom. The van der Waals surface area contributed by atoms with Crippen LogP contribution in [-0.4, -0.2) is 21.7 Å². The number of hydrogen-bond donors (Lipinski definition) is 1. The van der Waals surface area contributed by atoms with Crippen molar-refractivity contribution in [3.8, 4) is 5.75 Å². The van der Waals surface area contributed by atoms with Crippen molar-refractivity contribution < 1.29 is 28.2 Å². The summed E-state index contributed by atoms with van der Waals surface area (Å²) in [6.45, 7) is 1.99. The lowest BCUT2D eigenvalue weighted by Crippen LogP contribution is -2.29. The summed E-state index contributed by atoms with van der Waals surface area (Å²) in [5.41, 5.74) is 2.12. The number of carbonyl (C=O) groups is 2. The molecule has 1 atom stereocenters. The second kappa shape index (κ2) is 10.1. The highest BCUT2D eigenvalue weighted by atomic mass is 19.1. The van der Waals surface area contributed by atoms with Crippen LogP contribution in [0.15, 0.2) is 101 Å². The third-order valence-electron chi connectivity index (χ3n) is 6.32. The molecule has 0 bridgehead atoms. The summed E-state index contributed by atoms with van der Waals surface area (Å²) in [5, 5.41) is 11.2. The molecule has 1 amide bonds. The van der Waals surface area contributed by atoms with E-state index in [1.807, 2.05) is 30.3 Å². The minimum Gasteiger partial charge on any atom is -0.507 e. The average molecular weight is 498 g/mol. The molecule has 0 radical (unpaired) electrons. The normalized spacial score (nSPS) is 16.8. The van der Waals surface area contributed by atoms with Crippen molar-refractivity contribution in [2.45, 2.75) is 26.1 Å². The first-order chi connectivity index (χ1) is 17.9. The number of aliphatic hydroxyl groups is 1. The van der Waals surface area contributed by atoms with Gasteiger partial charge in [-0.2, -0.15) is 0 Å². The predicted molar refractivity (Wildman–Crippen MR) is 135 cm³/mol. The van der Waals surface area contributed by atoms with Gasteiger partial charge in [0, 0.05) is 5.56 Å². The van der Waals surface area contributed by atoms with Gasteiger partial charge in [0.1, 0.15) is 29.7 Å². The molecular weight excluding hydrogens is 473 g/mol. The van der Waals surface area contributed by atoms with Crippen molar-refractivity contribution >= 4 is 17.4 Å². The van der Waals surface area contributed by atoms with Crippen molar-refractivity contribution in [1.82, 2.24) is 4.90 Å². The van der Waals surface area contributed by atoms with Crippen molar-refractivity contribution in [2.24, 2.45) is 0 Å². The Labute approximate surface area is 213 Å². The van der Waals surface area contributed by atoms with E-state index in [1.165, 1.54) is 29.4 Å². The van der Waals surface area contributed by atoms with Gasteiger partial charge in [0.2, 0.25) is 0 Å². The number of benzene rings is 3. The molecule has 186 valence electrons. The van der Waals surface area contributed by atoms with Gasteiger partial charge in [0.15, 0.2) is 0 Å². The first kappa shape index (κ1) is 24.1. The lowest BCUT2D eigenvalue weighted by atomic mass is 9.94. The van der Waals surface area contributed by atoms with E-state index in [2.05, 4.69) is 0 Å². The van der Waals surface area contributed by atoms with E-state index in [-0.39, 0.29) is 23.4 Å². The molecule has 6 nitrogen and oxygen atoms in total. The molecule has 0 aliphatic carbocycles. The number of furan rings is 1. The standard InChI is InChI=1S/C30H24FNO5/c1-19-16-22(11-14-25(19)31)28(33)26-27(32(30(35)29(26)34)17-24-8-5-15-36-24)21-9-12-23(13-10-21)37-18-20-6-3-2-4-7-20/h2-16,27,33H,17-18H2,1H3/b28-26-. The molecule has 1 unspecified atom stereocenters. The van der Waals surface area contributed by atoms with Gasteiger partial charge in [0.05, 0.1) is 24.4 Å². The topological polar surface area (TPSA) is 80.0 Å². The Morgan fingerprint density at radius 2 is 1.76 bits per heavy atom. The SMILES string of the molecule is Cc1cc(/C(O)=C2/C(=O)C(=O)N(Cc3ccco3)C2c2ccc(OCc3ccccc3)cc2)ccc1F. The van der Waals surface area contributed by atoms with E-state index in [0.717, 1.165) is 5.56 Å². The zero-order chi connectivity index (χ0) is 25.9. The highest BCUT2D eigenvalue weighted by Crippen LogP contribution is 2.41. The van der Waals surface area contributed by atoms with Gasteiger partial charge >= 0.3 is 0 Å². The van der Waals surface area contributed by atoms with E-state index in [0.29, 0.717) is 29.2 Å². The lowest BCUT2D eigenvalue weighted by Gasteiger charge is -2.24. The second-order valence-corrected chi connectivity index (χ2v) is 8.81. The molecule has 2 heterocycles. The molecule has 0 spiro atoms. The van der Waals surface area contributed by atoms with Gasteiger partial charge in [0.25, 0.3) is 11.7 Å². The molecule has 1 saturated heterocycles. The fourth-order valence-electron chi connectivity index (χ4n) is 4.39. The summed E-state index contributed by atoms with van der Waals surface area (Å²) in [6, 6.07) is 23.4. The molecule has 4 aromatic rings. The van der Waals surface area contributed by atoms with Crippen LogP contribution in [0.25, 0.3) is 5.76 Å². The van der Waals surface area contributed by atoms with E-state index in [4.69, 9.17) is 9.15 Å². The van der Waals surface area contributed by atoms with Crippen LogP contribution >= 0.6 is 0 Å². The van der Waals surface area contributed by atoms with E-state index in [1.54, 1.807) is 43.3 Å². The molecular formula is C30H24FNO5. The number of ether oxygens (including phenoxy) is 1. The molecule has 1 aliphatic rings. The zero-order valence-electron chi connectivity index (χ0n) is 20.1. The summed E-state index contributed by atoms with van der Waals surface area (Å²) in [4.78, 5) is 27.7. The second-order valence-electron chi connectivity index (χ2n) is 8.81. The monoisotopic (exact) mass is 497 g/mol. The fourth-order valence-corrected chi connectivity index (χ4v) is 4.39. The zero-order valence-corrected chi connectivity index (χ0v) is 20.1. The first-order valence-electron chi connectivity index (χ1n) is 11.8. The van der Waals surface area contributed by atoms with Crippen LogP contribution in [0.5, 0.6) is 5.75 Å². The molecule has 0 saturated carbocycles. The third-order valence-corrected chi connectivity index (χ3v) is 6.32. The number of amides is 1. The minimum atomic E-state index is -0.876. The van der Waals surface area contributed by atoms with Crippen LogP contribution in [0.1, 0.15) is 34.1 Å². The van der Waals surface area contributed by atoms with Gasteiger partial charge in [-0.1, -0.05) is 42.5 Å². The molecule has 7 heteroatoms. The molecule has 3 aromatic carbocycles. The van der Waals surface area contributed by atoms with Crippen molar-refractivity contribution in [3.05, 3.63) is 131 Å². The maximum absolute atomic E-state index is 13.9. The van der Waals surface area contributed by atoms with Crippen LogP contribution < -0.4 is 4.74 Å². The summed E-state index contributed by atoms with van der Waals surface area (Å²) < 4.78 is 25.1. The Morgan fingerprint density at radius 3 is 2.43 bits per heavy atom. The van der Waals surface area contributed by atoms with Crippen LogP contribution in [0.3, 0.4) is 0 Å². The largest absolute Gasteiger partial charge is 0.507 e. The quantitative estimate of drug-likeness (QED) is 0.195. The highest BCUT2D eigenvalue weighted by Gasteiger charge is 2.46. The molecule has 1 aromatic heterocycles. The lowest BCUT2D eigenvalue weighted by molar-refractivity contribution is -0.140. The van der Waals surface area contributed by atoms with Crippen LogP contribution in [-0.2, 0) is 22.7 Å². The predicted octanol–water partition coefficient (Wildman–Crippen LogP) is 5.93. The molecule has 37 heavy (non-hydrogen) atoms. The fraction of sp³-hybridized carbons (Fsp3) is 0.133. The van der Waals surface area contributed by atoms with E-state index in [9.17, 15) is 19.1 Å². The number of nitrogens with zero attached hydrogens (tertiary/aromatic N) is 1. The maximum Gasteiger partial charge on any atom is 0.296 e. The Balaban J connectivity index is 1.52. The number of Topliss-reactive ketones (excluding diaryl/α,β-unsaturated/α-hetero) is 1. The van der Waals surface area contributed by atoms with Crippen molar-refractivity contribution in [1.29, 1.82) is 0 Å². The number of aliphatic hydroxyl groups excluding tert-OH is 1. The number of aryl methyl sites for hydroxylation is 1.